The number of hydrogen-bond donors (Lipinski definition) is 0. The van der Waals surface area contributed by atoms with E-state index in [1.54, 1.807) is 18.7 Å². The van der Waals surface area contributed by atoms with E-state index in [1.165, 1.54) is 12.0 Å². The Balaban J connectivity index is 2.42. The molecule has 0 saturated carbocycles. The lowest BCUT2D eigenvalue weighted by molar-refractivity contribution is -0.136. The summed E-state index contributed by atoms with van der Waals surface area (Å²) in [5, 5.41) is 0. The molecule has 1 rings (SSSR count). The molecule has 0 spiro atoms. The first-order chi connectivity index (χ1) is 7.24. The van der Waals surface area contributed by atoms with Gasteiger partial charge in [0.05, 0.1) is 7.11 Å². The van der Waals surface area contributed by atoms with Crippen molar-refractivity contribution in [2.24, 2.45) is 0 Å². The number of hydrogen-bond acceptors (Lipinski definition) is 3. The van der Waals surface area contributed by atoms with Gasteiger partial charge in [0.25, 0.3) is 0 Å². The molecule has 1 aromatic rings. The van der Waals surface area contributed by atoms with Crippen molar-refractivity contribution in [3.05, 3.63) is 42.0 Å². The Morgan fingerprint density at radius 1 is 1.40 bits per heavy atom. The SMILES string of the molecule is COC(=O)/C(C)=C/CSc1ccccc1. The van der Waals surface area contributed by atoms with Crippen molar-refractivity contribution in [3.63, 3.8) is 0 Å². The summed E-state index contributed by atoms with van der Waals surface area (Å²) >= 11 is 1.69. The molecule has 1 aromatic carbocycles. The Morgan fingerprint density at radius 3 is 2.67 bits per heavy atom. The van der Waals surface area contributed by atoms with Crippen LogP contribution >= 0.6 is 11.8 Å². The second-order valence-corrected chi connectivity index (χ2v) is 4.10. The number of carbonyl (C=O) groups is 1. The molecule has 0 N–H and O–H groups in total. The van der Waals surface area contributed by atoms with Crippen LogP contribution in [0.15, 0.2) is 46.9 Å². The molecular weight excluding hydrogens is 208 g/mol. The molecule has 0 fully saturated rings. The van der Waals surface area contributed by atoms with Crippen molar-refractivity contribution in [1.29, 1.82) is 0 Å². The molecule has 3 heteroatoms. The molecule has 0 atom stereocenters. The number of carbonyl (C=O) groups excluding carboxylic acids is 1. The summed E-state index contributed by atoms with van der Waals surface area (Å²) in [4.78, 5) is 12.3. The molecule has 0 heterocycles. The van der Waals surface area contributed by atoms with E-state index in [2.05, 4.69) is 4.74 Å². The highest BCUT2D eigenvalue weighted by Crippen LogP contribution is 2.17. The molecule has 0 radical (unpaired) electrons. The molecule has 0 amide bonds. The first-order valence-corrected chi connectivity index (χ1v) is 5.65. The zero-order valence-corrected chi connectivity index (χ0v) is 9.71. The number of rotatable bonds is 4. The predicted molar refractivity (Wildman–Crippen MR) is 62.9 cm³/mol. The van der Waals surface area contributed by atoms with Gasteiger partial charge >= 0.3 is 5.97 Å². The third-order valence-electron chi connectivity index (χ3n) is 1.89. The summed E-state index contributed by atoms with van der Waals surface area (Å²) in [6.07, 6.45) is 1.88. The van der Waals surface area contributed by atoms with Crippen LogP contribution in [0, 0.1) is 0 Å². The summed E-state index contributed by atoms with van der Waals surface area (Å²) in [7, 11) is 1.39. The zero-order chi connectivity index (χ0) is 11.1. The Labute approximate surface area is 94.3 Å². The molecule has 0 saturated heterocycles. The van der Waals surface area contributed by atoms with Gasteiger partial charge in [-0.2, -0.15) is 0 Å². The number of benzene rings is 1. The van der Waals surface area contributed by atoms with Crippen LogP contribution in [0.25, 0.3) is 0 Å². The molecule has 0 aliphatic carbocycles. The van der Waals surface area contributed by atoms with Crippen LogP contribution < -0.4 is 0 Å². The second kappa shape index (κ2) is 6.30. The fourth-order valence-corrected chi connectivity index (χ4v) is 1.90. The summed E-state index contributed by atoms with van der Waals surface area (Å²) in [6.45, 7) is 1.76. The van der Waals surface area contributed by atoms with Crippen LogP contribution in [0.4, 0.5) is 0 Å². The van der Waals surface area contributed by atoms with E-state index in [0.29, 0.717) is 5.57 Å². The van der Waals surface area contributed by atoms with Crippen LogP contribution in [0.2, 0.25) is 0 Å². The predicted octanol–water partition coefficient (Wildman–Crippen LogP) is 2.90. The van der Waals surface area contributed by atoms with Gasteiger partial charge in [0.2, 0.25) is 0 Å². The van der Waals surface area contributed by atoms with E-state index in [0.717, 1.165) is 5.75 Å². The monoisotopic (exact) mass is 222 g/mol. The normalized spacial score (nSPS) is 11.2. The first-order valence-electron chi connectivity index (χ1n) is 4.67. The summed E-state index contributed by atoms with van der Waals surface area (Å²) in [5.41, 5.74) is 0.654. The minimum Gasteiger partial charge on any atom is -0.466 e. The van der Waals surface area contributed by atoms with Gasteiger partial charge in [0, 0.05) is 16.2 Å². The average molecular weight is 222 g/mol. The molecule has 80 valence electrons. The average Bonchev–Trinajstić information content (AvgIpc) is 2.29. The Bertz CT molecular complexity index is 344. The van der Waals surface area contributed by atoms with Crippen LogP contribution in [-0.2, 0) is 9.53 Å². The Kier molecular flexibility index (Phi) is 4.98. The lowest BCUT2D eigenvalue weighted by atomic mass is 10.3. The quantitative estimate of drug-likeness (QED) is 0.445. The molecule has 0 bridgehead atoms. The topological polar surface area (TPSA) is 26.3 Å². The molecule has 0 aliphatic rings. The number of ether oxygens (including phenoxy) is 1. The standard InChI is InChI=1S/C12H14O2S/c1-10(12(13)14-2)8-9-15-11-6-4-3-5-7-11/h3-8H,9H2,1-2H3/b10-8+. The number of thioether (sulfide) groups is 1. The van der Waals surface area contributed by atoms with Crippen LogP contribution in [0.3, 0.4) is 0 Å². The molecule has 0 aliphatic heterocycles. The molecule has 15 heavy (non-hydrogen) atoms. The molecule has 0 unspecified atom stereocenters. The highest BCUT2D eigenvalue weighted by Gasteiger charge is 2.01. The van der Waals surface area contributed by atoms with Gasteiger partial charge in [-0.3, -0.25) is 0 Å². The lowest BCUT2D eigenvalue weighted by Gasteiger charge is -1.99. The zero-order valence-electron chi connectivity index (χ0n) is 8.90. The molecule has 0 aromatic heterocycles. The fraction of sp³-hybridized carbons (Fsp3) is 0.250. The Morgan fingerprint density at radius 2 is 2.07 bits per heavy atom. The third-order valence-corrected chi connectivity index (χ3v) is 2.83. The molecular formula is C12H14O2S. The van der Waals surface area contributed by atoms with E-state index >= 15 is 0 Å². The van der Waals surface area contributed by atoms with E-state index in [-0.39, 0.29) is 5.97 Å². The Hall–Kier alpha value is -1.22. The lowest BCUT2D eigenvalue weighted by Crippen LogP contribution is -2.01. The minimum atomic E-state index is -0.260. The third kappa shape index (κ3) is 4.21. The maximum Gasteiger partial charge on any atom is 0.333 e. The van der Waals surface area contributed by atoms with Gasteiger partial charge < -0.3 is 4.74 Å². The summed E-state index contributed by atoms with van der Waals surface area (Å²) < 4.78 is 4.60. The van der Waals surface area contributed by atoms with Crippen LogP contribution in [0.5, 0.6) is 0 Å². The van der Waals surface area contributed by atoms with Crippen molar-refractivity contribution >= 4 is 17.7 Å². The largest absolute Gasteiger partial charge is 0.466 e. The second-order valence-electron chi connectivity index (χ2n) is 3.00. The summed E-state index contributed by atoms with van der Waals surface area (Å²) in [6, 6.07) is 10.1. The highest BCUT2D eigenvalue weighted by molar-refractivity contribution is 7.99. The van der Waals surface area contributed by atoms with Gasteiger partial charge in [-0.1, -0.05) is 24.3 Å². The van der Waals surface area contributed by atoms with Gasteiger partial charge in [-0.15, -0.1) is 11.8 Å². The fourth-order valence-electron chi connectivity index (χ4n) is 1.02. The van der Waals surface area contributed by atoms with Gasteiger partial charge in [0.15, 0.2) is 0 Å². The minimum absolute atomic E-state index is 0.260. The summed E-state index contributed by atoms with van der Waals surface area (Å²) in [5.74, 6) is 0.522. The smallest absolute Gasteiger partial charge is 0.333 e. The van der Waals surface area contributed by atoms with Crippen molar-refractivity contribution in [1.82, 2.24) is 0 Å². The van der Waals surface area contributed by atoms with Gasteiger partial charge in [-0.25, -0.2) is 4.79 Å². The van der Waals surface area contributed by atoms with Gasteiger partial charge in [-0.05, 0) is 19.1 Å². The van der Waals surface area contributed by atoms with E-state index in [1.807, 2.05) is 36.4 Å². The van der Waals surface area contributed by atoms with Crippen molar-refractivity contribution in [2.75, 3.05) is 12.9 Å². The van der Waals surface area contributed by atoms with E-state index < -0.39 is 0 Å². The highest BCUT2D eigenvalue weighted by atomic mass is 32.2. The maximum atomic E-state index is 11.1. The molecule has 2 nitrogen and oxygen atoms in total. The van der Waals surface area contributed by atoms with Crippen molar-refractivity contribution in [2.45, 2.75) is 11.8 Å². The maximum absolute atomic E-state index is 11.1. The van der Waals surface area contributed by atoms with Crippen molar-refractivity contribution in [3.8, 4) is 0 Å². The van der Waals surface area contributed by atoms with Crippen molar-refractivity contribution < 1.29 is 9.53 Å². The number of esters is 1. The van der Waals surface area contributed by atoms with E-state index in [9.17, 15) is 4.79 Å². The number of methoxy groups -OCH3 is 1. The van der Waals surface area contributed by atoms with Gasteiger partial charge in [0.1, 0.15) is 0 Å². The van der Waals surface area contributed by atoms with Crippen LogP contribution in [0.1, 0.15) is 6.92 Å². The van der Waals surface area contributed by atoms with Crippen LogP contribution in [-0.4, -0.2) is 18.8 Å². The first kappa shape index (κ1) is 11.9. The van der Waals surface area contributed by atoms with E-state index in [4.69, 9.17) is 0 Å².